The number of furan rings is 1. The fraction of sp³-hybridized carbons (Fsp3) is 0.167. The maximum absolute atomic E-state index is 12.2. The number of rotatable bonds is 4. The highest BCUT2D eigenvalue weighted by Crippen LogP contribution is 2.22. The summed E-state index contributed by atoms with van der Waals surface area (Å²) < 4.78 is 11.0. The van der Waals surface area contributed by atoms with Crippen molar-refractivity contribution in [2.75, 3.05) is 11.9 Å². The molecule has 1 aromatic heterocycles. The van der Waals surface area contributed by atoms with E-state index in [-0.39, 0.29) is 5.91 Å². The molecule has 3 aromatic rings. The molecule has 1 amide bonds. The van der Waals surface area contributed by atoms with Crippen LogP contribution in [0.15, 0.2) is 52.9 Å². The van der Waals surface area contributed by atoms with E-state index in [0.29, 0.717) is 18.1 Å². The van der Waals surface area contributed by atoms with Crippen molar-refractivity contribution in [3.8, 4) is 5.75 Å². The molecule has 1 N–H and O–H groups in total. The number of carbonyl (C=O) groups is 1. The third kappa shape index (κ3) is 2.96. The summed E-state index contributed by atoms with van der Waals surface area (Å²) in [6, 6.07) is 14.9. The molecule has 0 fully saturated rings. The van der Waals surface area contributed by atoms with Crippen molar-refractivity contribution in [2.24, 2.45) is 0 Å². The average Bonchev–Trinajstić information content (AvgIpc) is 2.92. The lowest BCUT2D eigenvalue weighted by molar-refractivity contribution is 0.0998. The summed E-state index contributed by atoms with van der Waals surface area (Å²) in [5, 5.41) is 3.73. The molecule has 0 aliphatic heterocycles. The van der Waals surface area contributed by atoms with Gasteiger partial charge in [-0.25, -0.2) is 0 Å². The Hall–Kier alpha value is -2.75. The van der Waals surface area contributed by atoms with E-state index >= 15 is 0 Å². The first-order valence-corrected chi connectivity index (χ1v) is 7.20. The smallest absolute Gasteiger partial charge is 0.291 e. The molecule has 1 heterocycles. The molecule has 0 aliphatic rings. The topological polar surface area (TPSA) is 51.5 Å². The zero-order chi connectivity index (χ0) is 15.5. The van der Waals surface area contributed by atoms with Crippen LogP contribution in [0.2, 0.25) is 0 Å². The molecule has 0 bridgehead atoms. The van der Waals surface area contributed by atoms with Gasteiger partial charge in [0.05, 0.1) is 6.61 Å². The number of hydrogen-bond acceptors (Lipinski definition) is 3. The number of fused-ring (bicyclic) bond motifs is 1. The standard InChI is InChI=1S/C18H17NO3/c1-3-21-15-8-6-14(7-9-15)19-18(20)17-11-13-5-4-12(2)10-16(13)22-17/h4-11H,3H2,1-2H3,(H,19,20). The van der Waals surface area contributed by atoms with Gasteiger partial charge < -0.3 is 14.5 Å². The van der Waals surface area contributed by atoms with Gasteiger partial charge in [-0.05, 0) is 55.8 Å². The number of nitrogens with one attached hydrogen (secondary N) is 1. The molecule has 0 saturated carbocycles. The van der Waals surface area contributed by atoms with Gasteiger partial charge in [0.25, 0.3) is 5.91 Å². The second-order valence-corrected chi connectivity index (χ2v) is 5.06. The third-order valence-corrected chi connectivity index (χ3v) is 3.32. The van der Waals surface area contributed by atoms with E-state index in [9.17, 15) is 4.79 Å². The number of benzene rings is 2. The van der Waals surface area contributed by atoms with Crippen LogP contribution in [0.5, 0.6) is 5.75 Å². The molecule has 0 aliphatic carbocycles. The Balaban J connectivity index is 1.77. The highest BCUT2D eigenvalue weighted by Gasteiger charge is 2.12. The van der Waals surface area contributed by atoms with Gasteiger partial charge in [0, 0.05) is 11.1 Å². The second-order valence-electron chi connectivity index (χ2n) is 5.06. The minimum Gasteiger partial charge on any atom is -0.494 e. The van der Waals surface area contributed by atoms with Crippen molar-refractivity contribution in [1.29, 1.82) is 0 Å². The molecule has 112 valence electrons. The molecular weight excluding hydrogens is 278 g/mol. The van der Waals surface area contributed by atoms with Gasteiger partial charge in [-0.15, -0.1) is 0 Å². The highest BCUT2D eigenvalue weighted by atomic mass is 16.5. The molecule has 0 unspecified atom stereocenters. The maximum atomic E-state index is 12.2. The van der Waals surface area contributed by atoms with Gasteiger partial charge in [-0.1, -0.05) is 12.1 Å². The van der Waals surface area contributed by atoms with E-state index in [1.54, 1.807) is 18.2 Å². The molecule has 4 nitrogen and oxygen atoms in total. The number of aryl methyl sites for hydroxylation is 1. The van der Waals surface area contributed by atoms with E-state index in [2.05, 4.69) is 5.32 Å². The van der Waals surface area contributed by atoms with Crippen LogP contribution >= 0.6 is 0 Å². The van der Waals surface area contributed by atoms with Crippen LogP contribution < -0.4 is 10.1 Å². The quantitative estimate of drug-likeness (QED) is 0.776. The zero-order valence-electron chi connectivity index (χ0n) is 12.6. The number of carbonyl (C=O) groups excluding carboxylic acids is 1. The first-order chi connectivity index (χ1) is 10.7. The lowest BCUT2D eigenvalue weighted by Gasteiger charge is -2.05. The van der Waals surface area contributed by atoms with E-state index in [4.69, 9.17) is 9.15 Å². The molecule has 0 radical (unpaired) electrons. The van der Waals surface area contributed by atoms with Gasteiger partial charge in [-0.3, -0.25) is 4.79 Å². The van der Waals surface area contributed by atoms with Crippen LogP contribution in [0.3, 0.4) is 0 Å². The van der Waals surface area contributed by atoms with Crippen LogP contribution in [-0.4, -0.2) is 12.5 Å². The Bertz CT molecular complexity index is 803. The van der Waals surface area contributed by atoms with Gasteiger partial charge in [0.15, 0.2) is 5.76 Å². The van der Waals surface area contributed by atoms with Crippen LogP contribution in [0.4, 0.5) is 5.69 Å². The van der Waals surface area contributed by atoms with Crippen LogP contribution in [0.1, 0.15) is 23.0 Å². The summed E-state index contributed by atoms with van der Waals surface area (Å²) >= 11 is 0. The average molecular weight is 295 g/mol. The summed E-state index contributed by atoms with van der Waals surface area (Å²) in [6.07, 6.45) is 0. The molecule has 3 rings (SSSR count). The van der Waals surface area contributed by atoms with Crippen molar-refractivity contribution in [2.45, 2.75) is 13.8 Å². The van der Waals surface area contributed by atoms with Crippen molar-refractivity contribution < 1.29 is 13.9 Å². The van der Waals surface area contributed by atoms with Crippen molar-refractivity contribution in [1.82, 2.24) is 0 Å². The monoisotopic (exact) mass is 295 g/mol. The Morgan fingerprint density at radius 1 is 1.14 bits per heavy atom. The Labute approximate surface area is 128 Å². The fourth-order valence-corrected chi connectivity index (χ4v) is 2.24. The predicted molar refractivity (Wildman–Crippen MR) is 86.5 cm³/mol. The lowest BCUT2D eigenvalue weighted by atomic mass is 10.2. The largest absolute Gasteiger partial charge is 0.494 e. The molecule has 0 atom stereocenters. The Morgan fingerprint density at radius 3 is 2.64 bits per heavy atom. The fourth-order valence-electron chi connectivity index (χ4n) is 2.24. The first-order valence-electron chi connectivity index (χ1n) is 7.20. The molecule has 0 spiro atoms. The van der Waals surface area contributed by atoms with E-state index in [1.807, 2.05) is 44.2 Å². The minimum absolute atomic E-state index is 0.266. The van der Waals surface area contributed by atoms with Crippen molar-refractivity contribution >= 4 is 22.6 Å². The van der Waals surface area contributed by atoms with Gasteiger partial charge in [-0.2, -0.15) is 0 Å². The third-order valence-electron chi connectivity index (χ3n) is 3.32. The van der Waals surface area contributed by atoms with E-state index in [1.165, 1.54) is 0 Å². The molecule has 2 aromatic carbocycles. The number of hydrogen-bond donors (Lipinski definition) is 1. The molecule has 4 heteroatoms. The Kier molecular flexibility index (Phi) is 3.83. The Morgan fingerprint density at radius 2 is 1.91 bits per heavy atom. The first kappa shape index (κ1) is 14.2. The highest BCUT2D eigenvalue weighted by molar-refractivity contribution is 6.04. The van der Waals surface area contributed by atoms with Crippen molar-refractivity contribution in [3.05, 3.63) is 59.9 Å². The predicted octanol–water partition coefficient (Wildman–Crippen LogP) is 4.39. The van der Waals surface area contributed by atoms with Crippen LogP contribution in [0, 0.1) is 6.92 Å². The SMILES string of the molecule is CCOc1ccc(NC(=O)c2cc3ccc(C)cc3o2)cc1. The molecule has 0 saturated heterocycles. The number of ether oxygens (including phenoxy) is 1. The lowest BCUT2D eigenvalue weighted by Crippen LogP contribution is -2.10. The van der Waals surface area contributed by atoms with E-state index < -0.39 is 0 Å². The maximum Gasteiger partial charge on any atom is 0.291 e. The minimum atomic E-state index is -0.266. The normalized spacial score (nSPS) is 10.6. The number of anilines is 1. The summed E-state index contributed by atoms with van der Waals surface area (Å²) in [7, 11) is 0. The van der Waals surface area contributed by atoms with E-state index in [0.717, 1.165) is 22.3 Å². The van der Waals surface area contributed by atoms with Gasteiger partial charge >= 0.3 is 0 Å². The summed E-state index contributed by atoms with van der Waals surface area (Å²) in [6.45, 7) is 4.53. The summed E-state index contributed by atoms with van der Waals surface area (Å²) in [5.41, 5.74) is 2.52. The summed E-state index contributed by atoms with van der Waals surface area (Å²) in [4.78, 5) is 12.2. The summed E-state index contributed by atoms with van der Waals surface area (Å²) in [5.74, 6) is 0.812. The van der Waals surface area contributed by atoms with Crippen LogP contribution in [-0.2, 0) is 0 Å². The number of amides is 1. The second kappa shape index (κ2) is 5.93. The van der Waals surface area contributed by atoms with Gasteiger partial charge in [0.2, 0.25) is 0 Å². The van der Waals surface area contributed by atoms with Crippen LogP contribution in [0.25, 0.3) is 11.0 Å². The molecular formula is C18H17NO3. The molecule has 22 heavy (non-hydrogen) atoms. The van der Waals surface area contributed by atoms with Crippen molar-refractivity contribution in [3.63, 3.8) is 0 Å². The zero-order valence-corrected chi connectivity index (χ0v) is 12.6. The van der Waals surface area contributed by atoms with Gasteiger partial charge in [0.1, 0.15) is 11.3 Å².